The minimum atomic E-state index is -0.977. The van der Waals surface area contributed by atoms with Gasteiger partial charge >= 0.3 is 5.97 Å². The van der Waals surface area contributed by atoms with Crippen molar-refractivity contribution in [3.05, 3.63) is 0 Å². The maximum Gasteiger partial charge on any atom is 0.303 e. The Labute approximate surface area is 87.4 Å². The fraction of sp³-hybridized carbons (Fsp3) is 0.778. The molecule has 1 atom stereocenters. The number of ether oxygens (including phenoxy) is 1. The van der Waals surface area contributed by atoms with Crippen LogP contribution in [-0.2, 0) is 14.3 Å². The lowest BCUT2D eigenvalue weighted by atomic mass is 10.2. The quantitative estimate of drug-likeness (QED) is 0.635. The van der Waals surface area contributed by atoms with Crippen molar-refractivity contribution in [3.8, 4) is 0 Å². The monoisotopic (exact) mass is 217 g/mol. The number of aliphatic hydroxyl groups is 1. The van der Waals surface area contributed by atoms with Gasteiger partial charge in [0.15, 0.2) is 0 Å². The van der Waals surface area contributed by atoms with Gasteiger partial charge in [-0.25, -0.2) is 0 Å². The summed E-state index contributed by atoms with van der Waals surface area (Å²) < 4.78 is 5.17. The lowest BCUT2D eigenvalue weighted by Crippen LogP contribution is -2.46. The molecular weight excluding hydrogens is 202 g/mol. The summed E-state index contributed by atoms with van der Waals surface area (Å²) in [6.45, 7) is 1.08. The van der Waals surface area contributed by atoms with Crippen LogP contribution in [0.5, 0.6) is 0 Å². The number of aliphatic hydroxyl groups excluding tert-OH is 1. The third-order valence-corrected chi connectivity index (χ3v) is 2.25. The van der Waals surface area contributed by atoms with E-state index in [0.29, 0.717) is 19.7 Å². The van der Waals surface area contributed by atoms with Gasteiger partial charge in [-0.3, -0.25) is 9.59 Å². The van der Waals surface area contributed by atoms with Crippen LogP contribution < -0.4 is 0 Å². The minimum absolute atomic E-state index is 0.00742. The van der Waals surface area contributed by atoms with Crippen molar-refractivity contribution in [2.24, 2.45) is 0 Å². The summed E-state index contributed by atoms with van der Waals surface area (Å²) in [7, 11) is 0. The smallest absolute Gasteiger partial charge is 0.303 e. The molecule has 1 aliphatic heterocycles. The van der Waals surface area contributed by atoms with Gasteiger partial charge in [-0.1, -0.05) is 0 Å². The molecule has 1 rings (SSSR count). The average molecular weight is 217 g/mol. The Morgan fingerprint density at radius 2 is 2.13 bits per heavy atom. The summed E-state index contributed by atoms with van der Waals surface area (Å²) in [6, 6.07) is 0. The lowest BCUT2D eigenvalue weighted by Gasteiger charge is -2.32. The van der Waals surface area contributed by atoms with Gasteiger partial charge in [-0.05, 0) is 0 Å². The zero-order valence-corrected chi connectivity index (χ0v) is 8.39. The maximum absolute atomic E-state index is 11.5. The number of carboxylic acid groups (broad SMARTS) is 1. The zero-order valence-electron chi connectivity index (χ0n) is 8.39. The highest BCUT2D eigenvalue weighted by atomic mass is 16.5. The molecule has 0 spiro atoms. The molecule has 0 radical (unpaired) electrons. The van der Waals surface area contributed by atoms with Crippen LogP contribution in [0.15, 0.2) is 0 Å². The molecule has 15 heavy (non-hydrogen) atoms. The highest BCUT2D eigenvalue weighted by Gasteiger charge is 2.23. The van der Waals surface area contributed by atoms with Crippen LogP contribution in [-0.4, -0.2) is 59.4 Å². The van der Waals surface area contributed by atoms with Crippen molar-refractivity contribution in [1.82, 2.24) is 4.90 Å². The summed E-state index contributed by atoms with van der Waals surface area (Å²) in [5.41, 5.74) is 0. The summed E-state index contributed by atoms with van der Waals surface area (Å²) in [4.78, 5) is 23.3. The van der Waals surface area contributed by atoms with Crippen molar-refractivity contribution < 1.29 is 24.5 Å². The molecule has 6 nitrogen and oxygen atoms in total. The van der Waals surface area contributed by atoms with E-state index in [1.54, 1.807) is 0 Å². The molecule has 86 valence electrons. The first kappa shape index (κ1) is 11.9. The highest BCUT2D eigenvalue weighted by molar-refractivity contribution is 5.80. The first-order chi connectivity index (χ1) is 7.13. The third-order valence-electron chi connectivity index (χ3n) is 2.25. The normalized spacial score (nSPS) is 21.4. The fourth-order valence-corrected chi connectivity index (χ4v) is 1.43. The molecule has 2 N–H and O–H groups in total. The topological polar surface area (TPSA) is 87.1 Å². The molecule has 0 aliphatic carbocycles. The van der Waals surface area contributed by atoms with Crippen LogP contribution in [0, 0.1) is 0 Å². The molecule has 1 aliphatic rings. The van der Waals surface area contributed by atoms with E-state index in [-0.39, 0.29) is 31.5 Å². The number of morpholine rings is 1. The largest absolute Gasteiger partial charge is 0.481 e. The summed E-state index contributed by atoms with van der Waals surface area (Å²) >= 11 is 0. The highest BCUT2D eigenvalue weighted by Crippen LogP contribution is 2.07. The van der Waals surface area contributed by atoms with E-state index in [1.165, 1.54) is 4.90 Å². The first-order valence-electron chi connectivity index (χ1n) is 4.85. The van der Waals surface area contributed by atoms with E-state index in [0.717, 1.165) is 0 Å². The second kappa shape index (κ2) is 5.67. The third kappa shape index (κ3) is 3.85. The van der Waals surface area contributed by atoms with Crippen LogP contribution in [0.25, 0.3) is 0 Å². The molecule has 1 unspecified atom stereocenters. The Kier molecular flexibility index (Phi) is 4.51. The SMILES string of the molecule is O=C(O)CCC(=O)N1CCOC(CO)C1. The van der Waals surface area contributed by atoms with Crippen LogP contribution in [0.4, 0.5) is 0 Å². The van der Waals surface area contributed by atoms with E-state index in [1.807, 2.05) is 0 Å². The van der Waals surface area contributed by atoms with Gasteiger partial charge in [0.05, 0.1) is 25.7 Å². The van der Waals surface area contributed by atoms with Crippen molar-refractivity contribution in [2.45, 2.75) is 18.9 Å². The number of aliphatic carboxylic acids is 1. The number of carbonyl (C=O) groups is 2. The van der Waals surface area contributed by atoms with E-state index in [4.69, 9.17) is 14.9 Å². The van der Waals surface area contributed by atoms with Crippen LogP contribution >= 0.6 is 0 Å². The molecule has 0 aromatic heterocycles. The van der Waals surface area contributed by atoms with Crippen LogP contribution in [0.2, 0.25) is 0 Å². The minimum Gasteiger partial charge on any atom is -0.481 e. The molecule has 0 bridgehead atoms. The van der Waals surface area contributed by atoms with E-state index in [9.17, 15) is 9.59 Å². The van der Waals surface area contributed by atoms with Gasteiger partial charge in [-0.2, -0.15) is 0 Å². The van der Waals surface area contributed by atoms with Crippen molar-refractivity contribution in [3.63, 3.8) is 0 Å². The van der Waals surface area contributed by atoms with Gasteiger partial charge < -0.3 is 19.8 Å². The Morgan fingerprint density at radius 1 is 1.40 bits per heavy atom. The molecular formula is C9H15NO5. The lowest BCUT2D eigenvalue weighted by molar-refractivity contribution is -0.144. The Morgan fingerprint density at radius 3 is 2.73 bits per heavy atom. The van der Waals surface area contributed by atoms with Crippen molar-refractivity contribution >= 4 is 11.9 Å². The Hall–Kier alpha value is -1.14. The van der Waals surface area contributed by atoms with Crippen LogP contribution in [0.1, 0.15) is 12.8 Å². The van der Waals surface area contributed by atoms with Gasteiger partial charge in [-0.15, -0.1) is 0 Å². The maximum atomic E-state index is 11.5. The summed E-state index contributed by atoms with van der Waals surface area (Å²) in [6.07, 6.45) is -0.486. The second-order valence-electron chi connectivity index (χ2n) is 3.41. The average Bonchev–Trinajstić information content (AvgIpc) is 2.26. The standard InChI is InChI=1S/C9H15NO5/c11-6-7-5-10(3-4-15-7)8(12)1-2-9(13)14/h7,11H,1-6H2,(H,13,14). The molecule has 0 aromatic rings. The van der Waals surface area contributed by atoms with Gasteiger partial charge in [0.2, 0.25) is 5.91 Å². The molecule has 0 aromatic carbocycles. The van der Waals surface area contributed by atoms with E-state index < -0.39 is 5.97 Å². The van der Waals surface area contributed by atoms with Gasteiger partial charge in [0, 0.05) is 19.5 Å². The molecule has 1 fully saturated rings. The number of rotatable bonds is 4. The Balaban J connectivity index is 2.35. The number of hydrogen-bond donors (Lipinski definition) is 2. The second-order valence-corrected chi connectivity index (χ2v) is 3.41. The van der Waals surface area contributed by atoms with Gasteiger partial charge in [0.1, 0.15) is 0 Å². The number of hydrogen-bond acceptors (Lipinski definition) is 4. The van der Waals surface area contributed by atoms with Crippen LogP contribution in [0.3, 0.4) is 0 Å². The predicted molar refractivity (Wildman–Crippen MR) is 50.3 cm³/mol. The number of carboxylic acids is 1. The number of carbonyl (C=O) groups excluding carboxylic acids is 1. The molecule has 1 amide bonds. The summed E-state index contributed by atoms with van der Waals surface area (Å²) in [5, 5.41) is 17.3. The summed E-state index contributed by atoms with van der Waals surface area (Å²) in [5.74, 6) is -1.17. The van der Waals surface area contributed by atoms with E-state index >= 15 is 0 Å². The van der Waals surface area contributed by atoms with E-state index in [2.05, 4.69) is 0 Å². The zero-order chi connectivity index (χ0) is 11.3. The molecule has 0 saturated carbocycles. The van der Waals surface area contributed by atoms with Crippen molar-refractivity contribution in [2.75, 3.05) is 26.3 Å². The molecule has 6 heteroatoms. The predicted octanol–water partition coefficient (Wildman–Crippen LogP) is -0.929. The number of amides is 1. The molecule has 1 saturated heterocycles. The number of nitrogens with zero attached hydrogens (tertiary/aromatic N) is 1. The van der Waals surface area contributed by atoms with Gasteiger partial charge in [0.25, 0.3) is 0 Å². The Bertz CT molecular complexity index is 243. The molecule has 1 heterocycles. The van der Waals surface area contributed by atoms with Crippen molar-refractivity contribution in [1.29, 1.82) is 0 Å². The first-order valence-corrected chi connectivity index (χ1v) is 4.85. The fourth-order valence-electron chi connectivity index (χ4n) is 1.43.